The lowest BCUT2D eigenvalue weighted by Crippen LogP contribution is -2.43. The number of hydrogen-bond acceptors (Lipinski definition) is 9. The number of pyridine rings is 1. The number of nitrogens with zero attached hydrogens (tertiary/aromatic N) is 6. The summed E-state index contributed by atoms with van der Waals surface area (Å²) < 4.78 is 2.19. The first-order valence-electron chi connectivity index (χ1n) is 11.6. The van der Waals surface area contributed by atoms with Crippen LogP contribution in [0.25, 0.3) is 11.2 Å². The molecule has 4 heterocycles. The molecule has 3 aromatic rings. The lowest BCUT2D eigenvalue weighted by atomic mass is 10.2. The van der Waals surface area contributed by atoms with Gasteiger partial charge in [-0.3, -0.25) is 0 Å². The molecular weight excluding hydrogens is 406 g/mol. The number of nitrogens with one attached hydrogen (secondary N) is 3. The van der Waals surface area contributed by atoms with E-state index in [1.807, 2.05) is 24.7 Å². The molecule has 3 aromatic heterocycles. The molecule has 1 saturated heterocycles. The highest BCUT2D eigenvalue weighted by atomic mass is 16.3. The van der Waals surface area contributed by atoms with E-state index in [1.54, 1.807) is 0 Å². The Hall–Kier alpha value is -2.98. The molecule has 0 radical (unpaired) electrons. The van der Waals surface area contributed by atoms with E-state index in [-0.39, 0.29) is 6.61 Å². The van der Waals surface area contributed by atoms with E-state index in [4.69, 9.17) is 10.1 Å². The van der Waals surface area contributed by atoms with Crippen molar-refractivity contribution in [2.24, 2.45) is 0 Å². The van der Waals surface area contributed by atoms with Gasteiger partial charge in [0.1, 0.15) is 5.82 Å². The molecule has 4 N–H and O–H groups in total. The monoisotopic (exact) mass is 437 g/mol. The minimum atomic E-state index is 0.130. The average molecular weight is 438 g/mol. The van der Waals surface area contributed by atoms with Crippen molar-refractivity contribution in [1.29, 1.82) is 0 Å². The van der Waals surface area contributed by atoms with Crippen LogP contribution in [0.1, 0.15) is 38.1 Å². The third-order valence-corrected chi connectivity index (χ3v) is 6.21. The quantitative estimate of drug-likeness (QED) is 0.394. The Morgan fingerprint density at radius 3 is 2.69 bits per heavy atom. The second-order valence-electron chi connectivity index (χ2n) is 8.43. The number of hydrogen-bond donors (Lipinski definition) is 4. The summed E-state index contributed by atoms with van der Waals surface area (Å²) in [6.07, 6.45) is 9.18. The number of aliphatic hydroxyl groups is 1. The zero-order valence-electron chi connectivity index (χ0n) is 18.3. The van der Waals surface area contributed by atoms with E-state index in [0.29, 0.717) is 30.8 Å². The van der Waals surface area contributed by atoms with Gasteiger partial charge in [-0.2, -0.15) is 9.97 Å². The summed E-state index contributed by atoms with van der Waals surface area (Å²) in [6, 6.07) is 4.52. The van der Waals surface area contributed by atoms with Gasteiger partial charge in [0.25, 0.3) is 0 Å². The van der Waals surface area contributed by atoms with Crippen LogP contribution in [0.4, 0.5) is 23.3 Å². The maximum absolute atomic E-state index is 9.12. The molecule has 10 heteroatoms. The summed E-state index contributed by atoms with van der Waals surface area (Å²) in [5.74, 6) is 2.19. The SMILES string of the molecule is OCCCNc1nc(Nc2ccc(N3CCNCC3)nc2)c2ncn(C3CCCC3)c2n1. The summed E-state index contributed by atoms with van der Waals surface area (Å²) in [7, 11) is 0. The lowest BCUT2D eigenvalue weighted by Gasteiger charge is -2.28. The van der Waals surface area contributed by atoms with Crippen LogP contribution in [0, 0.1) is 0 Å². The number of fused-ring (bicyclic) bond motifs is 1. The largest absolute Gasteiger partial charge is 0.396 e. The van der Waals surface area contributed by atoms with Gasteiger partial charge in [0.15, 0.2) is 17.0 Å². The third kappa shape index (κ3) is 4.46. The standard InChI is InChI=1S/C22H31N9O/c32-13-3-8-24-22-28-20(19-21(29-22)31(15-26-19)17-4-1-2-5-17)27-16-6-7-18(25-14-16)30-11-9-23-10-12-30/h6-7,14-15,17,23,32H,1-5,8-13H2,(H2,24,27,28,29). The molecule has 1 aliphatic heterocycles. The first-order chi connectivity index (χ1) is 15.8. The number of imidazole rings is 1. The number of aromatic nitrogens is 5. The van der Waals surface area contributed by atoms with Gasteiger partial charge in [-0.15, -0.1) is 0 Å². The van der Waals surface area contributed by atoms with Crippen LogP contribution < -0.4 is 20.9 Å². The van der Waals surface area contributed by atoms with Crippen LogP contribution in [0.5, 0.6) is 0 Å². The molecular formula is C22H31N9O. The molecule has 170 valence electrons. The zero-order chi connectivity index (χ0) is 21.8. The fourth-order valence-corrected chi connectivity index (χ4v) is 4.49. The van der Waals surface area contributed by atoms with Crippen LogP contribution in [0.3, 0.4) is 0 Å². The second kappa shape index (κ2) is 9.66. The fraction of sp³-hybridized carbons (Fsp3) is 0.545. The van der Waals surface area contributed by atoms with Crippen molar-refractivity contribution < 1.29 is 5.11 Å². The lowest BCUT2D eigenvalue weighted by molar-refractivity contribution is 0.292. The second-order valence-corrected chi connectivity index (χ2v) is 8.43. The maximum Gasteiger partial charge on any atom is 0.226 e. The topological polar surface area (TPSA) is 116 Å². The normalized spacial score (nSPS) is 17.2. The van der Waals surface area contributed by atoms with Crippen molar-refractivity contribution in [2.45, 2.75) is 38.1 Å². The Bertz CT molecular complexity index is 1020. The summed E-state index contributed by atoms with van der Waals surface area (Å²) in [4.78, 5) is 21.0. The highest BCUT2D eigenvalue weighted by molar-refractivity contribution is 5.86. The van der Waals surface area contributed by atoms with E-state index in [0.717, 1.165) is 61.7 Å². The number of piperazine rings is 1. The van der Waals surface area contributed by atoms with Gasteiger partial charge in [0, 0.05) is 45.4 Å². The Morgan fingerprint density at radius 1 is 1.09 bits per heavy atom. The average Bonchev–Trinajstić information content (AvgIpc) is 3.50. The Labute approximate surface area is 187 Å². The molecule has 0 aromatic carbocycles. The molecule has 32 heavy (non-hydrogen) atoms. The predicted octanol–water partition coefficient (Wildman–Crippen LogP) is 2.28. The van der Waals surface area contributed by atoms with Crippen LogP contribution in [-0.4, -0.2) is 68.9 Å². The van der Waals surface area contributed by atoms with Gasteiger partial charge in [0.2, 0.25) is 5.95 Å². The highest BCUT2D eigenvalue weighted by Gasteiger charge is 2.22. The molecule has 2 fully saturated rings. The van der Waals surface area contributed by atoms with E-state index >= 15 is 0 Å². The first-order valence-corrected chi connectivity index (χ1v) is 11.6. The Balaban J connectivity index is 1.42. The summed E-state index contributed by atoms with van der Waals surface area (Å²) in [5, 5.41) is 19.1. The van der Waals surface area contributed by atoms with E-state index < -0.39 is 0 Å². The summed E-state index contributed by atoms with van der Waals surface area (Å²) in [5.41, 5.74) is 2.46. The number of anilines is 4. The number of aliphatic hydroxyl groups excluding tert-OH is 1. The molecule has 1 saturated carbocycles. The molecule has 10 nitrogen and oxygen atoms in total. The van der Waals surface area contributed by atoms with Crippen molar-refractivity contribution in [3.63, 3.8) is 0 Å². The zero-order valence-corrected chi connectivity index (χ0v) is 18.3. The van der Waals surface area contributed by atoms with Crippen molar-refractivity contribution in [3.8, 4) is 0 Å². The van der Waals surface area contributed by atoms with Gasteiger partial charge in [-0.05, 0) is 31.4 Å². The first kappa shape index (κ1) is 20.9. The van der Waals surface area contributed by atoms with E-state index in [1.165, 1.54) is 12.8 Å². The molecule has 0 amide bonds. The summed E-state index contributed by atoms with van der Waals surface area (Å²) in [6.45, 7) is 4.64. The van der Waals surface area contributed by atoms with Gasteiger partial charge < -0.3 is 30.5 Å². The van der Waals surface area contributed by atoms with Crippen LogP contribution in [0.2, 0.25) is 0 Å². The van der Waals surface area contributed by atoms with Gasteiger partial charge in [0.05, 0.1) is 18.2 Å². The van der Waals surface area contributed by atoms with Crippen molar-refractivity contribution >= 4 is 34.4 Å². The maximum atomic E-state index is 9.12. The fourth-order valence-electron chi connectivity index (χ4n) is 4.49. The van der Waals surface area contributed by atoms with Gasteiger partial charge in [-0.25, -0.2) is 9.97 Å². The molecule has 0 unspecified atom stereocenters. The van der Waals surface area contributed by atoms with E-state index in [2.05, 4.69) is 40.4 Å². The molecule has 0 bridgehead atoms. The van der Waals surface area contributed by atoms with Gasteiger partial charge >= 0.3 is 0 Å². The van der Waals surface area contributed by atoms with Crippen LogP contribution >= 0.6 is 0 Å². The minimum absolute atomic E-state index is 0.130. The molecule has 5 rings (SSSR count). The highest BCUT2D eigenvalue weighted by Crippen LogP contribution is 2.33. The summed E-state index contributed by atoms with van der Waals surface area (Å²) >= 11 is 0. The van der Waals surface area contributed by atoms with Crippen molar-refractivity contribution in [2.75, 3.05) is 54.9 Å². The molecule has 0 spiro atoms. The minimum Gasteiger partial charge on any atom is -0.396 e. The predicted molar refractivity (Wildman–Crippen MR) is 126 cm³/mol. The molecule has 0 atom stereocenters. The Morgan fingerprint density at radius 2 is 1.94 bits per heavy atom. The Kier molecular flexibility index (Phi) is 6.31. The van der Waals surface area contributed by atoms with Crippen molar-refractivity contribution in [3.05, 3.63) is 24.7 Å². The molecule has 2 aliphatic rings. The third-order valence-electron chi connectivity index (χ3n) is 6.21. The number of rotatable bonds is 8. The molecule has 1 aliphatic carbocycles. The van der Waals surface area contributed by atoms with Gasteiger partial charge in [-0.1, -0.05) is 12.8 Å². The van der Waals surface area contributed by atoms with E-state index in [9.17, 15) is 0 Å². The smallest absolute Gasteiger partial charge is 0.226 e. The van der Waals surface area contributed by atoms with Crippen molar-refractivity contribution in [1.82, 2.24) is 29.8 Å². The van der Waals surface area contributed by atoms with Crippen LogP contribution in [-0.2, 0) is 0 Å². The van der Waals surface area contributed by atoms with Crippen LogP contribution in [0.15, 0.2) is 24.7 Å².